The second kappa shape index (κ2) is 7.20. The maximum atomic E-state index is 12.8. The standard InChI is InChI=1S/C22H19NO3S2/c1-14-7-10-28-20(14)11-19-21(24)16-4-5-18-17(22(16)26-19)12-23(13-25-18)8-6-15-3-2-9-27-15/h2-5,7,9-11H,6,8,12-13H2,1H3/b19-11-. The van der Waals surface area contributed by atoms with Crippen LogP contribution in [0.4, 0.5) is 0 Å². The maximum absolute atomic E-state index is 12.8. The monoisotopic (exact) mass is 409 g/mol. The SMILES string of the molecule is Cc1ccsc1/C=C1\Oc2c(ccc3c2CN(CCc2cccs2)CO3)C1=O. The molecule has 1 aromatic carbocycles. The van der Waals surface area contributed by atoms with Gasteiger partial charge in [0.1, 0.15) is 18.2 Å². The van der Waals surface area contributed by atoms with E-state index < -0.39 is 0 Å². The second-order valence-corrected chi connectivity index (χ2v) is 8.96. The number of rotatable bonds is 4. The van der Waals surface area contributed by atoms with Crippen LogP contribution in [0.5, 0.6) is 11.5 Å². The quantitative estimate of drug-likeness (QED) is 0.560. The summed E-state index contributed by atoms with van der Waals surface area (Å²) in [5, 5.41) is 4.13. The number of ketones is 1. The van der Waals surface area contributed by atoms with Gasteiger partial charge < -0.3 is 9.47 Å². The summed E-state index contributed by atoms with van der Waals surface area (Å²) in [4.78, 5) is 17.5. The van der Waals surface area contributed by atoms with E-state index in [4.69, 9.17) is 9.47 Å². The third kappa shape index (κ3) is 3.17. The van der Waals surface area contributed by atoms with Crippen LogP contribution in [0.25, 0.3) is 6.08 Å². The molecule has 0 fully saturated rings. The van der Waals surface area contributed by atoms with E-state index in [9.17, 15) is 4.79 Å². The Hall–Kier alpha value is -2.41. The Kier molecular flexibility index (Phi) is 4.55. The smallest absolute Gasteiger partial charge is 0.232 e. The van der Waals surface area contributed by atoms with Gasteiger partial charge in [0, 0.05) is 28.9 Å². The molecule has 0 saturated carbocycles. The van der Waals surface area contributed by atoms with E-state index in [0.717, 1.165) is 41.3 Å². The number of thiophene rings is 2. The summed E-state index contributed by atoms with van der Waals surface area (Å²) in [5.41, 5.74) is 2.74. The first kappa shape index (κ1) is 17.7. The molecule has 28 heavy (non-hydrogen) atoms. The molecular weight excluding hydrogens is 390 g/mol. The van der Waals surface area contributed by atoms with Crippen molar-refractivity contribution in [3.8, 4) is 11.5 Å². The fraction of sp³-hybridized carbons (Fsp3) is 0.227. The minimum absolute atomic E-state index is 0.0543. The normalized spacial score (nSPS) is 17.3. The first-order valence-electron chi connectivity index (χ1n) is 9.21. The van der Waals surface area contributed by atoms with Crippen molar-refractivity contribution in [3.05, 3.63) is 73.3 Å². The zero-order chi connectivity index (χ0) is 19.1. The van der Waals surface area contributed by atoms with Gasteiger partial charge in [0.05, 0.1) is 11.1 Å². The third-order valence-corrected chi connectivity index (χ3v) is 7.00. The fourth-order valence-electron chi connectivity index (χ4n) is 3.52. The molecule has 0 N–H and O–H groups in total. The van der Waals surface area contributed by atoms with Gasteiger partial charge in [-0.3, -0.25) is 9.69 Å². The minimum atomic E-state index is -0.0543. The molecule has 0 unspecified atom stereocenters. The number of allylic oxidation sites excluding steroid dienone is 1. The molecule has 0 saturated heterocycles. The van der Waals surface area contributed by atoms with Gasteiger partial charge >= 0.3 is 0 Å². The predicted molar refractivity (Wildman–Crippen MR) is 112 cm³/mol. The average molecular weight is 410 g/mol. The van der Waals surface area contributed by atoms with Crippen molar-refractivity contribution in [2.45, 2.75) is 19.9 Å². The average Bonchev–Trinajstić information content (AvgIpc) is 3.43. The molecule has 142 valence electrons. The van der Waals surface area contributed by atoms with Crippen LogP contribution in [-0.2, 0) is 13.0 Å². The first-order valence-corrected chi connectivity index (χ1v) is 11.0. The Morgan fingerprint density at radius 3 is 2.89 bits per heavy atom. The summed E-state index contributed by atoms with van der Waals surface area (Å²) in [7, 11) is 0. The van der Waals surface area contributed by atoms with Crippen LogP contribution in [0.1, 0.15) is 31.2 Å². The van der Waals surface area contributed by atoms with Gasteiger partial charge in [0.15, 0.2) is 5.76 Å². The highest BCUT2D eigenvalue weighted by Crippen LogP contribution is 2.42. The van der Waals surface area contributed by atoms with Crippen molar-refractivity contribution in [2.75, 3.05) is 13.3 Å². The highest BCUT2D eigenvalue weighted by Gasteiger charge is 2.33. The molecule has 0 amide bonds. The number of hydrogen-bond acceptors (Lipinski definition) is 6. The zero-order valence-electron chi connectivity index (χ0n) is 15.4. The van der Waals surface area contributed by atoms with Crippen LogP contribution in [0.2, 0.25) is 0 Å². The fourth-order valence-corrected chi connectivity index (χ4v) is 5.07. The molecule has 2 aromatic heterocycles. The van der Waals surface area contributed by atoms with E-state index in [0.29, 0.717) is 23.8 Å². The Labute approximate surface area is 171 Å². The van der Waals surface area contributed by atoms with Crippen molar-refractivity contribution in [2.24, 2.45) is 0 Å². The van der Waals surface area contributed by atoms with E-state index in [-0.39, 0.29) is 5.78 Å². The van der Waals surface area contributed by atoms with Gasteiger partial charge in [0.2, 0.25) is 5.78 Å². The molecule has 2 aliphatic heterocycles. The number of benzene rings is 1. The second-order valence-electron chi connectivity index (χ2n) is 6.98. The minimum Gasteiger partial charge on any atom is -0.478 e. The van der Waals surface area contributed by atoms with E-state index in [1.807, 2.05) is 36.6 Å². The number of Topliss-reactive ketones (excluding diaryl/α,β-unsaturated/α-hetero) is 1. The zero-order valence-corrected chi connectivity index (χ0v) is 17.1. The lowest BCUT2D eigenvalue weighted by Gasteiger charge is -2.29. The molecule has 0 atom stereocenters. The number of aryl methyl sites for hydroxylation is 1. The summed E-state index contributed by atoms with van der Waals surface area (Å²) in [6.07, 6.45) is 2.85. The van der Waals surface area contributed by atoms with E-state index in [1.54, 1.807) is 22.7 Å². The van der Waals surface area contributed by atoms with Gasteiger partial charge in [0.25, 0.3) is 0 Å². The summed E-state index contributed by atoms with van der Waals surface area (Å²) in [6, 6.07) is 10.0. The molecule has 4 nitrogen and oxygen atoms in total. The summed E-state index contributed by atoms with van der Waals surface area (Å²) in [6.45, 7) is 4.23. The van der Waals surface area contributed by atoms with Gasteiger partial charge in [-0.25, -0.2) is 0 Å². The molecule has 0 aliphatic carbocycles. The lowest BCUT2D eigenvalue weighted by molar-refractivity contribution is 0.0951. The van der Waals surface area contributed by atoms with Crippen molar-refractivity contribution >= 4 is 34.5 Å². The van der Waals surface area contributed by atoms with Crippen molar-refractivity contribution in [3.63, 3.8) is 0 Å². The third-order valence-electron chi connectivity index (χ3n) is 5.10. The largest absolute Gasteiger partial charge is 0.478 e. The van der Waals surface area contributed by atoms with Crippen LogP contribution in [0.15, 0.2) is 46.9 Å². The highest BCUT2D eigenvalue weighted by molar-refractivity contribution is 7.11. The van der Waals surface area contributed by atoms with Crippen molar-refractivity contribution in [1.29, 1.82) is 0 Å². The Bertz CT molecular complexity index is 1070. The van der Waals surface area contributed by atoms with Gasteiger partial charge in [-0.15, -0.1) is 22.7 Å². The Balaban J connectivity index is 1.40. The molecule has 0 radical (unpaired) electrons. The number of carbonyl (C=O) groups excluding carboxylic acids is 1. The molecule has 5 rings (SSSR count). The van der Waals surface area contributed by atoms with E-state index in [2.05, 4.69) is 22.4 Å². The Morgan fingerprint density at radius 2 is 2.11 bits per heavy atom. The molecule has 2 aliphatic rings. The topological polar surface area (TPSA) is 38.8 Å². The number of nitrogens with zero attached hydrogens (tertiary/aromatic N) is 1. The summed E-state index contributed by atoms with van der Waals surface area (Å²) < 4.78 is 12.0. The number of fused-ring (bicyclic) bond motifs is 3. The Morgan fingerprint density at radius 1 is 1.18 bits per heavy atom. The first-order chi connectivity index (χ1) is 13.7. The molecular formula is C22H19NO3S2. The van der Waals surface area contributed by atoms with Crippen LogP contribution in [-0.4, -0.2) is 24.0 Å². The maximum Gasteiger partial charge on any atom is 0.232 e. The highest BCUT2D eigenvalue weighted by atomic mass is 32.1. The molecule has 3 aromatic rings. The van der Waals surface area contributed by atoms with Gasteiger partial charge in [-0.05, 0) is 53.9 Å². The van der Waals surface area contributed by atoms with Crippen molar-refractivity contribution < 1.29 is 14.3 Å². The lowest BCUT2D eigenvalue weighted by atomic mass is 10.0. The molecule has 0 spiro atoms. The van der Waals surface area contributed by atoms with Crippen LogP contribution in [0, 0.1) is 6.92 Å². The molecule has 0 bridgehead atoms. The summed E-state index contributed by atoms with van der Waals surface area (Å²) >= 11 is 3.39. The van der Waals surface area contributed by atoms with Crippen molar-refractivity contribution in [1.82, 2.24) is 4.90 Å². The number of carbonyl (C=O) groups is 1. The van der Waals surface area contributed by atoms with Gasteiger partial charge in [-0.2, -0.15) is 0 Å². The van der Waals surface area contributed by atoms with E-state index in [1.165, 1.54) is 4.88 Å². The summed E-state index contributed by atoms with van der Waals surface area (Å²) in [5.74, 6) is 1.81. The van der Waals surface area contributed by atoms with Crippen LogP contribution < -0.4 is 9.47 Å². The van der Waals surface area contributed by atoms with Crippen LogP contribution in [0.3, 0.4) is 0 Å². The predicted octanol–water partition coefficient (Wildman–Crippen LogP) is 5.13. The molecule has 6 heteroatoms. The lowest BCUT2D eigenvalue weighted by Crippen LogP contribution is -2.33. The van der Waals surface area contributed by atoms with E-state index >= 15 is 0 Å². The van der Waals surface area contributed by atoms with Crippen LogP contribution >= 0.6 is 22.7 Å². The number of ether oxygens (including phenoxy) is 2. The number of hydrogen-bond donors (Lipinski definition) is 0. The van der Waals surface area contributed by atoms with Gasteiger partial charge in [-0.1, -0.05) is 6.07 Å². The molecule has 4 heterocycles.